The van der Waals surface area contributed by atoms with Crippen molar-refractivity contribution in [1.29, 1.82) is 0 Å². The molecule has 0 bridgehead atoms. The highest BCUT2D eigenvalue weighted by atomic mass is 19.1. The second kappa shape index (κ2) is 7.47. The number of hydrogen-bond acceptors (Lipinski definition) is 4. The average molecular weight is 366 g/mol. The maximum absolute atomic E-state index is 13.7. The highest BCUT2D eigenvalue weighted by Gasteiger charge is 2.28. The monoisotopic (exact) mass is 366 g/mol. The van der Waals surface area contributed by atoms with Crippen molar-refractivity contribution in [2.24, 2.45) is 0 Å². The van der Waals surface area contributed by atoms with E-state index >= 15 is 0 Å². The van der Waals surface area contributed by atoms with E-state index in [1.807, 2.05) is 31.2 Å². The molecular formula is C21H23FN4O. The molecule has 1 aromatic carbocycles. The van der Waals surface area contributed by atoms with Crippen LogP contribution in [0.1, 0.15) is 48.8 Å². The molecule has 5 nitrogen and oxygen atoms in total. The lowest BCUT2D eigenvalue weighted by molar-refractivity contribution is 0.139. The molecule has 0 N–H and O–H groups in total. The van der Waals surface area contributed by atoms with E-state index in [9.17, 15) is 4.39 Å². The van der Waals surface area contributed by atoms with Gasteiger partial charge in [-0.2, -0.15) is 0 Å². The Labute approximate surface area is 158 Å². The van der Waals surface area contributed by atoms with E-state index in [0.717, 1.165) is 43.0 Å². The maximum atomic E-state index is 13.7. The van der Waals surface area contributed by atoms with Gasteiger partial charge in [0.2, 0.25) is 5.88 Å². The summed E-state index contributed by atoms with van der Waals surface area (Å²) in [6, 6.07) is 10.9. The van der Waals surface area contributed by atoms with Gasteiger partial charge in [0.1, 0.15) is 23.6 Å². The van der Waals surface area contributed by atoms with Gasteiger partial charge in [-0.15, -0.1) is 10.2 Å². The molecule has 1 saturated carbocycles. The fourth-order valence-electron chi connectivity index (χ4n) is 3.76. The van der Waals surface area contributed by atoms with E-state index in [0.29, 0.717) is 17.4 Å². The van der Waals surface area contributed by atoms with Crippen LogP contribution in [-0.4, -0.2) is 25.9 Å². The van der Waals surface area contributed by atoms with Gasteiger partial charge >= 0.3 is 0 Å². The standard InChI is InChI=1S/C21H23FN4O/c1-14-13-17(8-11-19(14)22)26-15(2)24-25-21(26)16-6-9-18(10-7-16)27-20-5-3-4-12-23-20/h3-5,8,11-13,16,18H,6-7,9-10H2,1-2H3. The van der Waals surface area contributed by atoms with Crippen LogP contribution in [-0.2, 0) is 0 Å². The van der Waals surface area contributed by atoms with Crippen molar-refractivity contribution < 1.29 is 9.13 Å². The maximum Gasteiger partial charge on any atom is 0.213 e. The number of halogens is 1. The van der Waals surface area contributed by atoms with Gasteiger partial charge in [0.15, 0.2) is 0 Å². The molecule has 0 amide bonds. The fourth-order valence-corrected chi connectivity index (χ4v) is 3.76. The molecule has 0 radical (unpaired) electrons. The number of ether oxygens (including phenoxy) is 1. The van der Waals surface area contributed by atoms with Crippen LogP contribution in [0.2, 0.25) is 0 Å². The SMILES string of the molecule is Cc1cc(-n2c(C)nnc2C2CCC(Oc3ccccn3)CC2)ccc1F. The van der Waals surface area contributed by atoms with Gasteiger partial charge in [-0.1, -0.05) is 6.07 Å². The summed E-state index contributed by atoms with van der Waals surface area (Å²) in [5, 5.41) is 8.73. The van der Waals surface area contributed by atoms with Gasteiger partial charge in [-0.25, -0.2) is 9.37 Å². The molecule has 0 spiro atoms. The summed E-state index contributed by atoms with van der Waals surface area (Å²) >= 11 is 0. The van der Waals surface area contributed by atoms with E-state index in [1.165, 1.54) is 6.07 Å². The number of pyridine rings is 1. The van der Waals surface area contributed by atoms with Gasteiger partial charge in [-0.05, 0) is 69.4 Å². The Bertz CT molecular complexity index is 917. The average Bonchev–Trinajstić information content (AvgIpc) is 3.07. The first-order valence-corrected chi connectivity index (χ1v) is 9.38. The van der Waals surface area contributed by atoms with E-state index in [2.05, 4.69) is 19.7 Å². The molecule has 0 unspecified atom stereocenters. The topological polar surface area (TPSA) is 52.8 Å². The first-order chi connectivity index (χ1) is 13.1. The predicted octanol–water partition coefficient (Wildman–Crippen LogP) is 4.52. The fraction of sp³-hybridized carbons (Fsp3) is 0.381. The lowest BCUT2D eigenvalue weighted by atomic mass is 9.86. The van der Waals surface area contributed by atoms with Crippen molar-refractivity contribution >= 4 is 0 Å². The minimum Gasteiger partial charge on any atom is -0.474 e. The summed E-state index contributed by atoms with van der Waals surface area (Å²) in [4.78, 5) is 4.24. The van der Waals surface area contributed by atoms with Gasteiger partial charge in [0, 0.05) is 23.9 Å². The number of aromatic nitrogens is 4. The quantitative estimate of drug-likeness (QED) is 0.681. The zero-order valence-electron chi connectivity index (χ0n) is 15.6. The van der Waals surface area contributed by atoms with Gasteiger partial charge in [0.05, 0.1) is 0 Å². The van der Waals surface area contributed by atoms with Crippen molar-refractivity contribution in [2.45, 2.75) is 51.6 Å². The van der Waals surface area contributed by atoms with Crippen molar-refractivity contribution in [3.05, 3.63) is 65.6 Å². The molecule has 27 heavy (non-hydrogen) atoms. The summed E-state index contributed by atoms with van der Waals surface area (Å²) < 4.78 is 21.7. The Balaban J connectivity index is 1.50. The van der Waals surface area contributed by atoms with Gasteiger partial charge < -0.3 is 4.74 Å². The van der Waals surface area contributed by atoms with Gasteiger partial charge in [-0.3, -0.25) is 4.57 Å². The van der Waals surface area contributed by atoms with Crippen LogP contribution in [0.15, 0.2) is 42.6 Å². The summed E-state index contributed by atoms with van der Waals surface area (Å²) in [6.45, 7) is 3.71. The summed E-state index contributed by atoms with van der Waals surface area (Å²) in [5.74, 6) is 2.58. The number of aryl methyl sites for hydroxylation is 2. The second-order valence-electron chi connectivity index (χ2n) is 7.13. The minimum absolute atomic E-state index is 0.182. The molecule has 1 aliphatic carbocycles. The molecule has 3 aromatic rings. The van der Waals surface area contributed by atoms with Crippen LogP contribution in [0.4, 0.5) is 4.39 Å². The third-order valence-corrected chi connectivity index (χ3v) is 5.21. The minimum atomic E-state index is -0.196. The lowest BCUT2D eigenvalue weighted by Gasteiger charge is -2.28. The smallest absolute Gasteiger partial charge is 0.213 e. The summed E-state index contributed by atoms with van der Waals surface area (Å²) in [7, 11) is 0. The van der Waals surface area contributed by atoms with Crippen molar-refractivity contribution in [3.63, 3.8) is 0 Å². The Hall–Kier alpha value is -2.76. The third kappa shape index (κ3) is 3.70. The highest BCUT2D eigenvalue weighted by molar-refractivity contribution is 5.38. The summed E-state index contributed by atoms with van der Waals surface area (Å²) in [5.41, 5.74) is 1.54. The molecule has 2 aromatic heterocycles. The molecule has 6 heteroatoms. The van der Waals surface area contributed by atoms with Crippen LogP contribution >= 0.6 is 0 Å². The first kappa shape index (κ1) is 17.6. The van der Waals surface area contributed by atoms with Crippen LogP contribution in [0.5, 0.6) is 5.88 Å². The molecule has 0 atom stereocenters. The third-order valence-electron chi connectivity index (χ3n) is 5.21. The predicted molar refractivity (Wildman–Crippen MR) is 101 cm³/mol. The zero-order valence-corrected chi connectivity index (χ0v) is 15.6. The molecule has 4 rings (SSSR count). The van der Waals surface area contributed by atoms with E-state index in [1.54, 1.807) is 19.2 Å². The molecule has 0 aliphatic heterocycles. The van der Waals surface area contributed by atoms with E-state index < -0.39 is 0 Å². The van der Waals surface area contributed by atoms with Crippen LogP contribution in [0.25, 0.3) is 5.69 Å². The second-order valence-corrected chi connectivity index (χ2v) is 7.13. The zero-order chi connectivity index (χ0) is 18.8. The van der Waals surface area contributed by atoms with E-state index in [4.69, 9.17) is 4.74 Å². The number of hydrogen-bond donors (Lipinski definition) is 0. The van der Waals surface area contributed by atoms with Crippen LogP contribution in [0, 0.1) is 19.7 Å². The first-order valence-electron chi connectivity index (χ1n) is 9.38. The number of rotatable bonds is 4. The van der Waals surface area contributed by atoms with Crippen LogP contribution < -0.4 is 4.74 Å². The molecule has 0 saturated heterocycles. The highest BCUT2D eigenvalue weighted by Crippen LogP contribution is 2.35. The van der Waals surface area contributed by atoms with Gasteiger partial charge in [0.25, 0.3) is 0 Å². The molecular weight excluding hydrogens is 343 g/mol. The van der Waals surface area contributed by atoms with E-state index in [-0.39, 0.29) is 11.9 Å². The molecule has 1 fully saturated rings. The van der Waals surface area contributed by atoms with Crippen molar-refractivity contribution in [2.75, 3.05) is 0 Å². The van der Waals surface area contributed by atoms with Crippen molar-refractivity contribution in [3.8, 4) is 11.6 Å². The Morgan fingerprint density at radius 2 is 1.85 bits per heavy atom. The molecule has 1 aliphatic rings. The number of nitrogens with zero attached hydrogens (tertiary/aromatic N) is 4. The Kier molecular flexibility index (Phi) is 4.88. The lowest BCUT2D eigenvalue weighted by Crippen LogP contribution is -2.25. The Morgan fingerprint density at radius 1 is 1.04 bits per heavy atom. The normalized spacial score (nSPS) is 19.8. The van der Waals surface area contributed by atoms with Crippen molar-refractivity contribution in [1.82, 2.24) is 19.7 Å². The number of benzene rings is 1. The Morgan fingerprint density at radius 3 is 2.56 bits per heavy atom. The molecule has 2 heterocycles. The molecule has 140 valence electrons. The van der Waals surface area contributed by atoms with Crippen LogP contribution in [0.3, 0.4) is 0 Å². The largest absolute Gasteiger partial charge is 0.474 e. The summed E-state index contributed by atoms with van der Waals surface area (Å²) in [6.07, 6.45) is 5.80.